The number of hydrogen-bond acceptors (Lipinski definition) is 5. The van der Waals surface area contributed by atoms with Crippen molar-refractivity contribution >= 4 is 23.0 Å². The highest BCUT2D eigenvalue weighted by Gasteiger charge is 2.23. The van der Waals surface area contributed by atoms with E-state index in [1.165, 1.54) is 0 Å². The summed E-state index contributed by atoms with van der Waals surface area (Å²) in [5.41, 5.74) is 2.04. The van der Waals surface area contributed by atoms with Gasteiger partial charge in [0.15, 0.2) is 0 Å². The number of halogens is 1. The third-order valence-corrected chi connectivity index (χ3v) is 5.27. The van der Waals surface area contributed by atoms with Crippen LogP contribution >= 0.6 is 11.6 Å². The number of hydrogen-bond donors (Lipinski definition) is 0. The first-order valence-corrected chi connectivity index (χ1v) is 9.41. The zero-order valence-corrected chi connectivity index (χ0v) is 15.8. The van der Waals surface area contributed by atoms with Crippen LogP contribution in [0.5, 0.6) is 11.5 Å². The smallest absolute Gasteiger partial charge is 0.231 e. The molecule has 0 spiro atoms. The Kier molecular flexibility index (Phi) is 5.20. The number of benzene rings is 2. The lowest BCUT2D eigenvalue weighted by Gasteiger charge is -2.36. The largest absolute Gasteiger partial charge is 0.455 e. The van der Waals surface area contributed by atoms with Crippen LogP contribution in [0.25, 0.3) is 0 Å². The average molecular weight is 374 g/mol. The van der Waals surface area contributed by atoms with Crippen LogP contribution in [0.15, 0.2) is 42.5 Å². The van der Waals surface area contributed by atoms with Crippen LogP contribution in [-0.4, -0.2) is 62.9 Å². The molecule has 2 aromatic carbocycles. The first kappa shape index (κ1) is 17.5. The maximum atomic E-state index is 6.30. The van der Waals surface area contributed by atoms with Crippen molar-refractivity contribution in [3.63, 3.8) is 0 Å². The topological polar surface area (TPSA) is 28.2 Å². The van der Waals surface area contributed by atoms with Gasteiger partial charge in [-0.25, -0.2) is 0 Å². The molecule has 0 N–H and O–H groups in total. The summed E-state index contributed by atoms with van der Waals surface area (Å²) in [6.07, 6.45) is 0. The summed E-state index contributed by atoms with van der Waals surface area (Å²) in [6.45, 7) is 6.45. The number of likely N-dealkylation sites (N-methyl/N-ethyl adjacent to an activating group) is 1. The molecule has 0 saturated carbocycles. The van der Waals surface area contributed by atoms with Crippen molar-refractivity contribution in [2.45, 2.75) is 0 Å². The number of anilines is 2. The van der Waals surface area contributed by atoms with E-state index in [1.807, 2.05) is 36.4 Å². The van der Waals surface area contributed by atoms with Gasteiger partial charge in [-0.2, -0.15) is 0 Å². The highest BCUT2D eigenvalue weighted by atomic mass is 35.5. The molecule has 26 heavy (non-hydrogen) atoms. The van der Waals surface area contributed by atoms with Crippen molar-refractivity contribution in [1.29, 1.82) is 0 Å². The van der Waals surface area contributed by atoms with E-state index in [4.69, 9.17) is 21.1 Å². The van der Waals surface area contributed by atoms with Gasteiger partial charge in [0, 0.05) is 44.3 Å². The Morgan fingerprint density at radius 3 is 2.42 bits per heavy atom. The molecule has 0 aliphatic carbocycles. The van der Waals surface area contributed by atoms with E-state index in [2.05, 4.69) is 27.8 Å². The number of para-hydroxylation sites is 2. The van der Waals surface area contributed by atoms with Crippen LogP contribution in [-0.2, 0) is 0 Å². The molecule has 5 nitrogen and oxygen atoms in total. The fraction of sp³-hybridized carbons (Fsp3) is 0.400. The third-order valence-electron chi connectivity index (χ3n) is 5.03. The van der Waals surface area contributed by atoms with Crippen molar-refractivity contribution in [3.8, 4) is 11.5 Å². The molecular formula is C20H24ClN3O2. The summed E-state index contributed by atoms with van der Waals surface area (Å²) in [5.74, 6) is 1.62. The van der Waals surface area contributed by atoms with Gasteiger partial charge in [-0.05, 0) is 37.4 Å². The van der Waals surface area contributed by atoms with Crippen LogP contribution in [0.3, 0.4) is 0 Å². The highest BCUT2D eigenvalue weighted by Crippen LogP contribution is 2.41. The minimum atomic E-state index is 0.192. The van der Waals surface area contributed by atoms with E-state index in [0.29, 0.717) is 5.02 Å². The Balaban J connectivity index is 1.63. The van der Waals surface area contributed by atoms with Crippen LogP contribution < -0.4 is 14.4 Å². The zero-order valence-electron chi connectivity index (χ0n) is 15.0. The molecule has 1 saturated heterocycles. The molecule has 0 unspecified atom stereocenters. The van der Waals surface area contributed by atoms with Crippen molar-refractivity contribution < 1.29 is 9.47 Å². The van der Waals surface area contributed by atoms with Crippen molar-refractivity contribution in [2.24, 2.45) is 0 Å². The lowest BCUT2D eigenvalue weighted by molar-refractivity contribution is 0.118. The fourth-order valence-electron chi connectivity index (χ4n) is 3.47. The summed E-state index contributed by atoms with van der Waals surface area (Å²) in [4.78, 5) is 7.14. The molecule has 4 rings (SSSR count). The van der Waals surface area contributed by atoms with Crippen molar-refractivity contribution in [3.05, 3.63) is 47.5 Å². The Hall–Kier alpha value is -1.95. The van der Waals surface area contributed by atoms with E-state index >= 15 is 0 Å². The Morgan fingerprint density at radius 1 is 0.885 bits per heavy atom. The number of rotatable bonds is 3. The molecule has 2 aliphatic heterocycles. The molecule has 1 fully saturated rings. The van der Waals surface area contributed by atoms with Crippen LogP contribution in [0.1, 0.15) is 0 Å². The molecule has 2 aliphatic rings. The monoisotopic (exact) mass is 373 g/mol. The van der Waals surface area contributed by atoms with Gasteiger partial charge in [0.1, 0.15) is 11.5 Å². The maximum absolute atomic E-state index is 6.30. The molecular weight excluding hydrogens is 350 g/mol. The van der Waals surface area contributed by atoms with Gasteiger partial charge in [0.2, 0.25) is 6.79 Å². The average Bonchev–Trinajstić information content (AvgIpc) is 2.64. The van der Waals surface area contributed by atoms with Gasteiger partial charge in [-0.3, -0.25) is 4.90 Å². The first-order valence-electron chi connectivity index (χ1n) is 9.03. The van der Waals surface area contributed by atoms with Crippen LogP contribution in [0.4, 0.5) is 11.4 Å². The first-order chi connectivity index (χ1) is 12.7. The second-order valence-corrected chi connectivity index (χ2v) is 7.22. The molecule has 0 amide bonds. The van der Waals surface area contributed by atoms with Gasteiger partial charge < -0.3 is 19.3 Å². The second kappa shape index (κ2) is 7.74. The van der Waals surface area contributed by atoms with Crippen LogP contribution in [0.2, 0.25) is 5.02 Å². The summed E-state index contributed by atoms with van der Waals surface area (Å²) < 4.78 is 11.7. The lowest BCUT2D eigenvalue weighted by Crippen LogP contribution is -2.46. The zero-order chi connectivity index (χ0) is 17.9. The Bertz CT molecular complexity index is 762. The lowest BCUT2D eigenvalue weighted by atomic mass is 10.2. The quantitative estimate of drug-likeness (QED) is 0.821. The summed E-state index contributed by atoms with van der Waals surface area (Å²) in [7, 11) is 2.18. The van der Waals surface area contributed by atoms with E-state index < -0.39 is 0 Å². The summed E-state index contributed by atoms with van der Waals surface area (Å²) >= 11 is 6.30. The standard InChI is InChI=1S/C20H24ClN3O2/c1-22-8-10-23(11-9-22)12-13-24-17-4-2-3-5-19(17)25-15-26-20-7-6-16(21)14-18(20)24/h2-7,14H,8-13,15H2,1H3. The summed E-state index contributed by atoms with van der Waals surface area (Å²) in [6, 6.07) is 13.8. The molecule has 2 aromatic rings. The predicted octanol–water partition coefficient (Wildman–Crippen LogP) is 3.45. The predicted molar refractivity (Wildman–Crippen MR) is 105 cm³/mol. The number of fused-ring (bicyclic) bond motifs is 2. The van der Waals surface area contributed by atoms with Crippen molar-refractivity contribution in [1.82, 2.24) is 9.80 Å². The van der Waals surface area contributed by atoms with E-state index in [0.717, 1.165) is 62.1 Å². The van der Waals surface area contributed by atoms with E-state index in [-0.39, 0.29) is 6.79 Å². The maximum Gasteiger partial charge on any atom is 0.231 e. The number of nitrogens with zero attached hydrogens (tertiary/aromatic N) is 3. The normalized spacial score (nSPS) is 18.2. The molecule has 0 bridgehead atoms. The van der Waals surface area contributed by atoms with E-state index in [9.17, 15) is 0 Å². The van der Waals surface area contributed by atoms with Crippen molar-refractivity contribution in [2.75, 3.05) is 58.0 Å². The molecule has 0 atom stereocenters. The number of ether oxygens (including phenoxy) is 2. The summed E-state index contributed by atoms with van der Waals surface area (Å²) in [5, 5.41) is 0.705. The third kappa shape index (κ3) is 3.75. The molecule has 2 heterocycles. The molecule has 0 radical (unpaired) electrons. The fourth-order valence-corrected chi connectivity index (χ4v) is 3.63. The van der Waals surface area contributed by atoms with Gasteiger partial charge in [0.05, 0.1) is 11.4 Å². The van der Waals surface area contributed by atoms with Gasteiger partial charge in [0.25, 0.3) is 0 Å². The minimum Gasteiger partial charge on any atom is -0.455 e. The molecule has 138 valence electrons. The van der Waals surface area contributed by atoms with Crippen LogP contribution in [0, 0.1) is 0 Å². The van der Waals surface area contributed by atoms with Gasteiger partial charge in [-0.1, -0.05) is 23.7 Å². The number of piperazine rings is 1. The minimum absolute atomic E-state index is 0.192. The second-order valence-electron chi connectivity index (χ2n) is 6.78. The Morgan fingerprint density at radius 2 is 1.62 bits per heavy atom. The molecule has 0 aromatic heterocycles. The Labute approximate surface area is 159 Å². The van der Waals surface area contributed by atoms with Gasteiger partial charge >= 0.3 is 0 Å². The highest BCUT2D eigenvalue weighted by molar-refractivity contribution is 6.31. The van der Waals surface area contributed by atoms with E-state index in [1.54, 1.807) is 0 Å². The SMILES string of the molecule is CN1CCN(CCN2c3ccccc3OCOc3ccc(Cl)cc32)CC1. The molecule has 6 heteroatoms. The van der Waals surface area contributed by atoms with Gasteiger partial charge in [-0.15, -0.1) is 0 Å².